The molecule has 0 spiro atoms. The van der Waals surface area contributed by atoms with Gasteiger partial charge in [0.05, 0.1) is 6.61 Å². The highest BCUT2D eigenvalue weighted by Crippen LogP contribution is 2.25. The maximum absolute atomic E-state index is 11.7. The molecule has 0 aromatic heterocycles. The predicted molar refractivity (Wildman–Crippen MR) is 89.9 cm³/mol. The molecule has 2 unspecified atom stereocenters. The molecule has 0 radical (unpaired) electrons. The van der Waals surface area contributed by atoms with Crippen LogP contribution in [0.3, 0.4) is 0 Å². The largest absolute Gasteiger partial charge is 0.509 e. The van der Waals surface area contributed by atoms with E-state index in [2.05, 4.69) is 13.8 Å². The Morgan fingerprint density at radius 2 is 1.62 bits per heavy atom. The highest BCUT2D eigenvalue weighted by molar-refractivity contribution is 5.61. The highest BCUT2D eigenvalue weighted by Gasteiger charge is 2.29. The second-order valence-electron chi connectivity index (χ2n) is 7.75. The molecule has 0 saturated heterocycles. The third-order valence-corrected chi connectivity index (χ3v) is 3.64. The minimum atomic E-state index is -0.676. The summed E-state index contributed by atoms with van der Waals surface area (Å²) in [6.07, 6.45) is 2.81. The minimum absolute atomic E-state index is 0.274. The van der Waals surface area contributed by atoms with Crippen molar-refractivity contribution >= 4 is 12.3 Å². The molecule has 1 rings (SSSR count). The van der Waals surface area contributed by atoms with Crippen molar-refractivity contribution in [3.8, 4) is 0 Å². The van der Waals surface area contributed by atoms with Gasteiger partial charge < -0.3 is 18.9 Å². The van der Waals surface area contributed by atoms with Crippen molar-refractivity contribution in [2.45, 2.75) is 91.0 Å². The molecule has 1 fully saturated rings. The van der Waals surface area contributed by atoms with Gasteiger partial charge in [0.25, 0.3) is 0 Å². The van der Waals surface area contributed by atoms with E-state index >= 15 is 0 Å². The van der Waals surface area contributed by atoms with Crippen LogP contribution in [0, 0.1) is 5.92 Å². The van der Waals surface area contributed by atoms with Crippen LogP contribution in [0.1, 0.15) is 73.1 Å². The molecule has 24 heavy (non-hydrogen) atoms. The standard InChI is InChI=1S/C18H32O6/c1-13(2)8-7-11-21-16(19)22-14-9-6-10-15(12-14)23-17(20)24-18(3,4)5/h13-15H,6-12H2,1-5H3. The predicted octanol–water partition coefficient (Wildman–Crippen LogP) is 4.84. The van der Waals surface area contributed by atoms with Crippen LogP contribution in [0.5, 0.6) is 0 Å². The van der Waals surface area contributed by atoms with Crippen LogP contribution < -0.4 is 0 Å². The normalized spacial score (nSPS) is 21.2. The van der Waals surface area contributed by atoms with Crippen molar-refractivity contribution in [2.24, 2.45) is 5.92 Å². The van der Waals surface area contributed by atoms with Gasteiger partial charge in [0.1, 0.15) is 17.8 Å². The van der Waals surface area contributed by atoms with Gasteiger partial charge in [-0.05, 0) is 58.8 Å². The lowest BCUT2D eigenvalue weighted by atomic mass is 9.95. The van der Waals surface area contributed by atoms with E-state index in [1.165, 1.54) is 0 Å². The van der Waals surface area contributed by atoms with Crippen molar-refractivity contribution in [1.82, 2.24) is 0 Å². The topological polar surface area (TPSA) is 71.1 Å². The van der Waals surface area contributed by atoms with Crippen LogP contribution >= 0.6 is 0 Å². The van der Waals surface area contributed by atoms with Crippen molar-refractivity contribution in [1.29, 1.82) is 0 Å². The van der Waals surface area contributed by atoms with E-state index in [4.69, 9.17) is 18.9 Å². The summed E-state index contributed by atoms with van der Waals surface area (Å²) in [7, 11) is 0. The highest BCUT2D eigenvalue weighted by atomic mass is 16.7. The van der Waals surface area contributed by atoms with E-state index in [0.29, 0.717) is 18.9 Å². The van der Waals surface area contributed by atoms with Gasteiger partial charge in [0.15, 0.2) is 0 Å². The number of ether oxygens (including phenoxy) is 4. The molecule has 140 valence electrons. The molecule has 0 N–H and O–H groups in total. The Morgan fingerprint density at radius 3 is 2.17 bits per heavy atom. The van der Waals surface area contributed by atoms with Crippen LogP contribution in [0.2, 0.25) is 0 Å². The Bertz CT molecular complexity index is 399. The zero-order chi connectivity index (χ0) is 18.2. The summed E-state index contributed by atoms with van der Waals surface area (Å²) in [5.74, 6) is 0.591. The van der Waals surface area contributed by atoms with Gasteiger partial charge in [-0.25, -0.2) is 9.59 Å². The molecule has 1 aliphatic rings. The van der Waals surface area contributed by atoms with Crippen LogP contribution in [0.4, 0.5) is 9.59 Å². The summed E-state index contributed by atoms with van der Waals surface area (Å²) < 4.78 is 20.9. The average Bonchev–Trinajstić information content (AvgIpc) is 2.41. The van der Waals surface area contributed by atoms with Crippen molar-refractivity contribution < 1.29 is 28.5 Å². The maximum Gasteiger partial charge on any atom is 0.509 e. The fraction of sp³-hybridized carbons (Fsp3) is 0.889. The molecule has 1 aliphatic carbocycles. The van der Waals surface area contributed by atoms with Crippen LogP contribution in [0.15, 0.2) is 0 Å². The molecule has 6 heteroatoms. The SMILES string of the molecule is CC(C)CCCOC(=O)OC1CCCC(OC(=O)OC(C)(C)C)C1. The zero-order valence-electron chi connectivity index (χ0n) is 15.6. The third-order valence-electron chi connectivity index (χ3n) is 3.64. The summed E-state index contributed by atoms with van der Waals surface area (Å²) in [5.41, 5.74) is -0.582. The van der Waals surface area contributed by atoms with Crippen LogP contribution in [-0.2, 0) is 18.9 Å². The van der Waals surface area contributed by atoms with E-state index < -0.39 is 17.9 Å². The molecule has 0 aliphatic heterocycles. The molecule has 0 aromatic carbocycles. The van der Waals surface area contributed by atoms with Crippen molar-refractivity contribution in [3.05, 3.63) is 0 Å². The summed E-state index contributed by atoms with van der Waals surface area (Å²) >= 11 is 0. The second-order valence-corrected chi connectivity index (χ2v) is 7.75. The van der Waals surface area contributed by atoms with Gasteiger partial charge in [0.2, 0.25) is 0 Å². The first-order chi connectivity index (χ1) is 11.2. The molecule has 0 heterocycles. The third kappa shape index (κ3) is 9.63. The van der Waals surface area contributed by atoms with E-state index in [0.717, 1.165) is 32.1 Å². The first kappa shape index (κ1) is 20.6. The fourth-order valence-corrected chi connectivity index (χ4v) is 2.54. The lowest BCUT2D eigenvalue weighted by molar-refractivity contribution is -0.0549. The molecular formula is C18H32O6. The van der Waals surface area contributed by atoms with Crippen LogP contribution in [0.25, 0.3) is 0 Å². The summed E-state index contributed by atoms with van der Waals surface area (Å²) in [6.45, 7) is 10.0. The first-order valence-corrected chi connectivity index (χ1v) is 8.88. The smallest absolute Gasteiger partial charge is 0.434 e. The maximum atomic E-state index is 11.7. The van der Waals surface area contributed by atoms with Gasteiger partial charge in [-0.3, -0.25) is 0 Å². The molecule has 1 saturated carbocycles. The number of rotatable bonds is 6. The Morgan fingerprint density at radius 1 is 1.04 bits per heavy atom. The average molecular weight is 344 g/mol. The summed E-state index contributed by atoms with van der Waals surface area (Å²) in [4.78, 5) is 23.4. The lowest BCUT2D eigenvalue weighted by Gasteiger charge is -2.29. The van der Waals surface area contributed by atoms with Crippen LogP contribution in [-0.4, -0.2) is 36.7 Å². The number of carbonyl (C=O) groups excluding carboxylic acids is 2. The summed E-state index contributed by atoms with van der Waals surface area (Å²) in [5, 5.41) is 0. The minimum Gasteiger partial charge on any atom is -0.434 e. The first-order valence-electron chi connectivity index (χ1n) is 8.88. The van der Waals surface area contributed by atoms with Crippen molar-refractivity contribution in [3.63, 3.8) is 0 Å². The van der Waals surface area contributed by atoms with Gasteiger partial charge in [-0.15, -0.1) is 0 Å². The molecule has 2 atom stereocenters. The molecule has 6 nitrogen and oxygen atoms in total. The van der Waals surface area contributed by atoms with Gasteiger partial charge in [-0.2, -0.15) is 0 Å². The monoisotopic (exact) mass is 344 g/mol. The molecular weight excluding hydrogens is 312 g/mol. The summed E-state index contributed by atoms with van der Waals surface area (Å²) in [6, 6.07) is 0. The van der Waals surface area contributed by atoms with Gasteiger partial charge in [-0.1, -0.05) is 13.8 Å². The number of hydrogen-bond donors (Lipinski definition) is 0. The van der Waals surface area contributed by atoms with E-state index in [1.54, 1.807) is 20.8 Å². The molecule has 0 bridgehead atoms. The fourth-order valence-electron chi connectivity index (χ4n) is 2.54. The second kappa shape index (κ2) is 9.74. The van der Waals surface area contributed by atoms with Gasteiger partial charge >= 0.3 is 12.3 Å². The Labute approximate surface area is 145 Å². The Balaban J connectivity index is 2.27. The molecule has 0 aromatic rings. The Kier molecular flexibility index (Phi) is 8.36. The van der Waals surface area contributed by atoms with Crippen molar-refractivity contribution in [2.75, 3.05) is 6.61 Å². The number of hydrogen-bond acceptors (Lipinski definition) is 6. The zero-order valence-corrected chi connectivity index (χ0v) is 15.6. The Hall–Kier alpha value is -1.46. The van der Waals surface area contributed by atoms with Gasteiger partial charge in [0, 0.05) is 6.42 Å². The number of carbonyl (C=O) groups is 2. The van der Waals surface area contributed by atoms with E-state index in [9.17, 15) is 9.59 Å². The van der Waals surface area contributed by atoms with E-state index in [-0.39, 0.29) is 12.2 Å². The lowest BCUT2D eigenvalue weighted by Crippen LogP contribution is -2.33. The van der Waals surface area contributed by atoms with E-state index in [1.807, 2.05) is 0 Å². The quantitative estimate of drug-likeness (QED) is 0.507. The molecule has 0 amide bonds.